The number of rotatable bonds is 4. The Hall–Kier alpha value is -2.04. The van der Waals surface area contributed by atoms with Crippen molar-refractivity contribution in [1.82, 2.24) is 4.90 Å². The smallest absolute Gasteiger partial charge is 0.257 e. The zero-order valence-electron chi connectivity index (χ0n) is 12.7. The Bertz CT molecular complexity index is 705. The number of nitrogens with zero attached hydrogens (tertiary/aromatic N) is 1. The minimum atomic E-state index is -0.0345. The second-order valence-electron chi connectivity index (χ2n) is 5.68. The topological polar surface area (TPSA) is 55.6 Å². The van der Waals surface area contributed by atoms with Gasteiger partial charge in [0.1, 0.15) is 12.4 Å². The van der Waals surface area contributed by atoms with Crippen molar-refractivity contribution < 1.29 is 9.53 Å². The molecule has 0 aliphatic carbocycles. The second-order valence-corrected chi connectivity index (χ2v) is 6.08. The lowest BCUT2D eigenvalue weighted by Gasteiger charge is -2.18. The quantitative estimate of drug-likeness (QED) is 0.937. The van der Waals surface area contributed by atoms with Gasteiger partial charge in [0.15, 0.2) is 0 Å². The maximum atomic E-state index is 12.7. The summed E-state index contributed by atoms with van der Waals surface area (Å²) in [5, 5.41) is 0.654. The first kappa shape index (κ1) is 15.8. The summed E-state index contributed by atoms with van der Waals surface area (Å²) >= 11 is 6.14. The summed E-state index contributed by atoms with van der Waals surface area (Å²) < 4.78 is 5.85. The maximum absolute atomic E-state index is 12.7. The Morgan fingerprint density at radius 2 is 1.96 bits per heavy atom. The van der Waals surface area contributed by atoms with Gasteiger partial charge in [0, 0.05) is 29.7 Å². The van der Waals surface area contributed by atoms with Crippen LogP contribution in [-0.4, -0.2) is 29.9 Å². The highest BCUT2D eigenvalue weighted by Gasteiger charge is 2.26. The summed E-state index contributed by atoms with van der Waals surface area (Å²) in [5.74, 6) is 0.533. The van der Waals surface area contributed by atoms with Crippen molar-refractivity contribution in [3.05, 3.63) is 64.7 Å². The molecule has 1 heterocycles. The average molecular weight is 331 g/mol. The Kier molecular flexibility index (Phi) is 4.84. The number of nitrogens with two attached hydrogens (primary N) is 1. The summed E-state index contributed by atoms with van der Waals surface area (Å²) in [7, 11) is 0. The maximum Gasteiger partial charge on any atom is 0.257 e. The summed E-state index contributed by atoms with van der Waals surface area (Å²) in [5.41, 5.74) is 7.34. The van der Waals surface area contributed by atoms with Crippen LogP contribution >= 0.6 is 11.6 Å². The molecular formula is C18H19ClN2O2. The molecule has 2 N–H and O–H groups in total. The number of benzene rings is 2. The van der Waals surface area contributed by atoms with Crippen molar-refractivity contribution in [2.24, 2.45) is 5.73 Å². The number of likely N-dealkylation sites (tertiary alicyclic amines) is 1. The van der Waals surface area contributed by atoms with E-state index in [0.717, 1.165) is 12.0 Å². The third-order valence-corrected chi connectivity index (χ3v) is 4.34. The molecule has 5 heteroatoms. The van der Waals surface area contributed by atoms with Crippen LogP contribution in [0.3, 0.4) is 0 Å². The van der Waals surface area contributed by atoms with Gasteiger partial charge in [-0.2, -0.15) is 0 Å². The van der Waals surface area contributed by atoms with Gasteiger partial charge >= 0.3 is 0 Å². The van der Waals surface area contributed by atoms with Gasteiger partial charge in [-0.1, -0.05) is 41.9 Å². The first-order valence-electron chi connectivity index (χ1n) is 7.65. The van der Waals surface area contributed by atoms with Gasteiger partial charge in [-0.15, -0.1) is 0 Å². The number of carbonyl (C=O) groups excluding carboxylic acids is 1. The van der Waals surface area contributed by atoms with E-state index in [4.69, 9.17) is 22.1 Å². The van der Waals surface area contributed by atoms with Crippen molar-refractivity contribution in [3.63, 3.8) is 0 Å². The summed E-state index contributed by atoms with van der Waals surface area (Å²) in [6.45, 7) is 1.61. The highest BCUT2D eigenvalue weighted by molar-refractivity contribution is 6.31. The van der Waals surface area contributed by atoms with Crippen LogP contribution in [0.2, 0.25) is 5.02 Å². The van der Waals surface area contributed by atoms with Crippen LogP contribution in [0.15, 0.2) is 48.5 Å². The number of carbonyl (C=O) groups is 1. The fraction of sp³-hybridized carbons (Fsp3) is 0.278. The predicted molar refractivity (Wildman–Crippen MR) is 90.7 cm³/mol. The zero-order chi connectivity index (χ0) is 16.2. The molecular weight excluding hydrogens is 312 g/mol. The van der Waals surface area contributed by atoms with Crippen LogP contribution in [0.4, 0.5) is 0 Å². The predicted octanol–water partition coefficient (Wildman–Crippen LogP) is 3.09. The molecule has 0 radical (unpaired) electrons. The molecule has 1 aliphatic heterocycles. The van der Waals surface area contributed by atoms with Crippen molar-refractivity contribution in [1.29, 1.82) is 0 Å². The van der Waals surface area contributed by atoms with E-state index in [1.54, 1.807) is 17.0 Å². The van der Waals surface area contributed by atoms with E-state index in [0.29, 0.717) is 36.0 Å². The second kappa shape index (κ2) is 7.02. The van der Waals surface area contributed by atoms with E-state index in [-0.39, 0.29) is 11.9 Å². The third-order valence-electron chi connectivity index (χ3n) is 3.97. The number of hydrogen-bond acceptors (Lipinski definition) is 3. The largest absolute Gasteiger partial charge is 0.488 e. The number of para-hydroxylation sites is 1. The van der Waals surface area contributed by atoms with E-state index in [1.165, 1.54) is 0 Å². The fourth-order valence-corrected chi connectivity index (χ4v) is 2.87. The molecule has 1 fully saturated rings. The van der Waals surface area contributed by atoms with E-state index < -0.39 is 0 Å². The van der Waals surface area contributed by atoms with Crippen molar-refractivity contribution >= 4 is 17.5 Å². The molecule has 0 spiro atoms. The molecule has 0 bridgehead atoms. The van der Waals surface area contributed by atoms with Crippen molar-refractivity contribution in [3.8, 4) is 5.75 Å². The number of amides is 1. The third kappa shape index (κ3) is 3.66. The van der Waals surface area contributed by atoms with Gasteiger partial charge in [-0.25, -0.2) is 0 Å². The number of ether oxygens (including phenoxy) is 1. The number of halogens is 1. The Labute approximate surface area is 140 Å². The van der Waals surface area contributed by atoms with Gasteiger partial charge < -0.3 is 15.4 Å². The van der Waals surface area contributed by atoms with E-state index in [1.807, 2.05) is 36.4 Å². The molecule has 0 saturated carbocycles. The average Bonchev–Trinajstić information content (AvgIpc) is 3.00. The highest BCUT2D eigenvalue weighted by atomic mass is 35.5. The SMILES string of the molecule is N[C@H]1CCN(C(=O)c2ccccc2OCc2ccccc2Cl)C1. The van der Waals surface area contributed by atoms with Crippen LogP contribution in [0, 0.1) is 0 Å². The zero-order valence-corrected chi connectivity index (χ0v) is 13.5. The Morgan fingerprint density at radius 3 is 2.70 bits per heavy atom. The van der Waals surface area contributed by atoms with Crippen LogP contribution in [0.1, 0.15) is 22.3 Å². The molecule has 4 nitrogen and oxygen atoms in total. The van der Waals surface area contributed by atoms with Crippen molar-refractivity contribution in [2.45, 2.75) is 19.1 Å². The molecule has 2 aromatic rings. The summed E-state index contributed by atoms with van der Waals surface area (Å²) in [4.78, 5) is 14.4. The summed E-state index contributed by atoms with van der Waals surface area (Å²) in [6, 6.07) is 14.9. The molecule has 1 aliphatic rings. The van der Waals surface area contributed by atoms with E-state index in [9.17, 15) is 4.79 Å². The molecule has 0 unspecified atom stereocenters. The first-order chi connectivity index (χ1) is 11.1. The van der Waals surface area contributed by atoms with Gasteiger partial charge in [-0.3, -0.25) is 4.79 Å². The first-order valence-corrected chi connectivity index (χ1v) is 8.03. The van der Waals surface area contributed by atoms with Gasteiger partial charge in [0.05, 0.1) is 5.56 Å². The molecule has 23 heavy (non-hydrogen) atoms. The lowest BCUT2D eigenvalue weighted by molar-refractivity contribution is 0.0786. The molecule has 1 atom stereocenters. The van der Waals surface area contributed by atoms with Crippen LogP contribution < -0.4 is 10.5 Å². The molecule has 120 valence electrons. The van der Waals surface area contributed by atoms with Gasteiger partial charge in [0.2, 0.25) is 0 Å². The van der Waals surface area contributed by atoms with Crippen LogP contribution in [0.5, 0.6) is 5.75 Å². The molecule has 1 amide bonds. The fourth-order valence-electron chi connectivity index (χ4n) is 2.68. The van der Waals surface area contributed by atoms with Crippen LogP contribution in [-0.2, 0) is 6.61 Å². The minimum Gasteiger partial charge on any atom is -0.488 e. The monoisotopic (exact) mass is 330 g/mol. The molecule has 1 saturated heterocycles. The minimum absolute atomic E-state index is 0.0345. The van der Waals surface area contributed by atoms with E-state index in [2.05, 4.69) is 0 Å². The Morgan fingerprint density at radius 1 is 1.22 bits per heavy atom. The lowest BCUT2D eigenvalue weighted by atomic mass is 10.1. The lowest BCUT2D eigenvalue weighted by Crippen LogP contribution is -2.32. The van der Waals surface area contributed by atoms with Crippen LogP contribution in [0.25, 0.3) is 0 Å². The van der Waals surface area contributed by atoms with Crippen molar-refractivity contribution in [2.75, 3.05) is 13.1 Å². The highest BCUT2D eigenvalue weighted by Crippen LogP contribution is 2.24. The molecule has 0 aromatic heterocycles. The number of hydrogen-bond donors (Lipinski definition) is 1. The van der Waals surface area contributed by atoms with Gasteiger partial charge in [-0.05, 0) is 24.6 Å². The molecule has 2 aromatic carbocycles. The Balaban J connectivity index is 1.75. The summed E-state index contributed by atoms with van der Waals surface area (Å²) in [6.07, 6.45) is 0.842. The van der Waals surface area contributed by atoms with E-state index >= 15 is 0 Å². The van der Waals surface area contributed by atoms with Gasteiger partial charge in [0.25, 0.3) is 5.91 Å². The normalized spacial score (nSPS) is 17.3. The molecule has 3 rings (SSSR count). The standard InChI is InChI=1S/C18H19ClN2O2/c19-16-7-3-1-5-13(16)12-23-17-8-4-2-6-15(17)18(22)21-10-9-14(20)11-21/h1-8,14H,9-12,20H2/t14-/m0/s1.